The summed E-state index contributed by atoms with van der Waals surface area (Å²) in [6.45, 7) is 7.63. The third-order valence-electron chi connectivity index (χ3n) is 10.5. The summed E-state index contributed by atoms with van der Waals surface area (Å²) in [5, 5.41) is 29.4. The Kier molecular flexibility index (Phi) is 7.04. The number of hydrogen-bond donors (Lipinski definition) is 0. The molecule has 240 valence electrons. The highest BCUT2D eigenvalue weighted by Crippen LogP contribution is 2.64. The molecule has 1 spiro atoms. The summed E-state index contributed by atoms with van der Waals surface area (Å²) in [5.74, 6) is -0.353. The van der Waals surface area contributed by atoms with Gasteiger partial charge in [0.15, 0.2) is 11.6 Å². The van der Waals surface area contributed by atoms with Crippen molar-refractivity contribution in [2.75, 3.05) is 0 Å². The van der Waals surface area contributed by atoms with Crippen molar-refractivity contribution in [3.8, 4) is 28.0 Å². The van der Waals surface area contributed by atoms with Gasteiger partial charge in [0, 0.05) is 63.7 Å². The van der Waals surface area contributed by atoms with Gasteiger partial charge in [0.2, 0.25) is 0 Å². The molecule has 2 aromatic carbocycles. The van der Waals surface area contributed by atoms with Crippen LogP contribution < -0.4 is 0 Å². The van der Waals surface area contributed by atoms with Gasteiger partial charge in [-0.2, -0.15) is 10.5 Å². The molecule has 1 saturated carbocycles. The number of benzene rings is 2. The molecule has 9 heteroatoms. The maximum absolute atomic E-state index is 13.7. The molecule has 3 heterocycles. The van der Waals surface area contributed by atoms with E-state index in [0.717, 1.165) is 40.1 Å². The summed E-state index contributed by atoms with van der Waals surface area (Å²) in [5.41, 5.74) is 6.14. The van der Waals surface area contributed by atoms with Crippen molar-refractivity contribution in [1.82, 2.24) is 0 Å². The lowest BCUT2D eigenvalue weighted by molar-refractivity contribution is 0.103. The number of rotatable bonds is 2. The molecule has 0 atom stereocenters. The number of nitriles is 3. The van der Waals surface area contributed by atoms with Crippen molar-refractivity contribution in [3.05, 3.63) is 138 Å². The van der Waals surface area contributed by atoms with Gasteiger partial charge in [0.1, 0.15) is 17.7 Å². The lowest BCUT2D eigenvalue weighted by Crippen LogP contribution is -2.27. The molecule has 4 aliphatic carbocycles. The van der Waals surface area contributed by atoms with Gasteiger partial charge < -0.3 is 0 Å². The number of Topliss-reactive ketones (excluding diaryl/α,β-unsaturated/α-hetero) is 2. The van der Waals surface area contributed by atoms with Crippen LogP contribution in [-0.2, 0) is 5.41 Å². The molecular formula is C42H22N4O2S3. The second-order valence-electron chi connectivity index (χ2n) is 13.0. The summed E-state index contributed by atoms with van der Waals surface area (Å²) < 4.78 is 2.35. The fourth-order valence-corrected chi connectivity index (χ4v) is 12.5. The van der Waals surface area contributed by atoms with Gasteiger partial charge in [0.05, 0.1) is 22.2 Å². The van der Waals surface area contributed by atoms with E-state index in [1.807, 2.05) is 42.5 Å². The zero-order valence-corrected chi connectivity index (χ0v) is 29.2. The molecule has 1 fully saturated rings. The predicted molar refractivity (Wildman–Crippen MR) is 202 cm³/mol. The van der Waals surface area contributed by atoms with Crippen molar-refractivity contribution in [2.45, 2.75) is 37.5 Å². The van der Waals surface area contributed by atoms with Crippen molar-refractivity contribution in [2.24, 2.45) is 0 Å². The number of carbonyl (C=O) groups is 2. The molecule has 0 aliphatic heterocycles. The molecule has 51 heavy (non-hydrogen) atoms. The van der Waals surface area contributed by atoms with E-state index in [2.05, 4.69) is 17.0 Å². The highest BCUT2D eigenvalue weighted by molar-refractivity contribution is 7.32. The van der Waals surface area contributed by atoms with E-state index in [1.165, 1.54) is 32.0 Å². The average molecular weight is 711 g/mol. The van der Waals surface area contributed by atoms with Crippen LogP contribution in [0.4, 0.5) is 0 Å². The Morgan fingerprint density at radius 1 is 0.725 bits per heavy atom. The van der Waals surface area contributed by atoms with Gasteiger partial charge in [-0.05, 0) is 53.8 Å². The molecule has 0 bridgehead atoms. The Hall–Kier alpha value is -5.94. The zero-order chi connectivity index (χ0) is 35.0. The topological polar surface area (TPSA) is 110 Å². The Morgan fingerprint density at radius 3 is 1.92 bits per heavy atom. The molecule has 4 aliphatic rings. The number of allylic oxidation sites excluding steroid dienone is 6. The molecule has 0 amide bonds. The van der Waals surface area contributed by atoms with E-state index in [-0.39, 0.29) is 28.3 Å². The Labute approximate surface area is 305 Å². The van der Waals surface area contributed by atoms with Crippen LogP contribution in [-0.4, -0.2) is 11.6 Å². The summed E-state index contributed by atoms with van der Waals surface area (Å²) in [7, 11) is 0. The quantitative estimate of drug-likeness (QED) is 0.103. The number of thiophene rings is 3. The number of hydrogen-bond acceptors (Lipinski definition) is 8. The first-order valence-corrected chi connectivity index (χ1v) is 18.9. The highest BCUT2D eigenvalue weighted by Gasteiger charge is 2.48. The Bertz CT molecular complexity index is 2730. The summed E-state index contributed by atoms with van der Waals surface area (Å²) in [6.07, 6.45) is 9.13. The van der Waals surface area contributed by atoms with E-state index >= 15 is 0 Å². The van der Waals surface area contributed by atoms with Gasteiger partial charge >= 0.3 is 0 Å². The minimum absolute atomic E-state index is 0.0670. The van der Waals surface area contributed by atoms with Gasteiger partial charge in [-0.3, -0.25) is 9.59 Å². The Morgan fingerprint density at radius 2 is 1.31 bits per heavy atom. The van der Waals surface area contributed by atoms with Crippen molar-refractivity contribution >= 4 is 78.3 Å². The predicted octanol–water partition coefficient (Wildman–Crippen LogP) is 10.8. The second-order valence-corrected chi connectivity index (χ2v) is 16.2. The first kappa shape index (κ1) is 31.1. The van der Waals surface area contributed by atoms with Crippen molar-refractivity contribution < 1.29 is 9.59 Å². The first-order valence-electron chi connectivity index (χ1n) is 16.4. The molecular weight excluding hydrogens is 689 g/mol. The van der Waals surface area contributed by atoms with Crippen LogP contribution in [0.3, 0.4) is 0 Å². The third-order valence-corrected chi connectivity index (χ3v) is 14.1. The number of fused-ring (bicyclic) bond motifs is 9. The molecule has 0 unspecified atom stereocenters. The second kappa shape index (κ2) is 11.6. The largest absolute Gasteiger partial charge is 0.289 e. The van der Waals surface area contributed by atoms with Crippen LogP contribution in [0.2, 0.25) is 0 Å². The van der Waals surface area contributed by atoms with Gasteiger partial charge in [-0.15, -0.1) is 34.0 Å². The highest BCUT2D eigenvalue weighted by atomic mass is 32.1. The molecule has 5 aromatic rings. The van der Waals surface area contributed by atoms with Crippen molar-refractivity contribution in [1.29, 1.82) is 15.8 Å². The maximum atomic E-state index is 13.7. The zero-order valence-electron chi connectivity index (χ0n) is 26.8. The SMILES string of the molecule is [C-]#[N+]C(C#N)=C1/C(=C/c2cc3sc4c(c3s2)C2(CCCCC2)c2cc(/C=C3\C(=O)c5ccccc5C3=C(C#N)C#N)sc2-4)C(=O)c2ccccc21. The van der Waals surface area contributed by atoms with E-state index in [1.54, 1.807) is 70.4 Å². The van der Waals surface area contributed by atoms with Gasteiger partial charge in [0.25, 0.3) is 5.70 Å². The van der Waals surface area contributed by atoms with Crippen LogP contribution in [0.25, 0.3) is 47.3 Å². The van der Waals surface area contributed by atoms with Crippen LogP contribution in [0.15, 0.2) is 83.1 Å². The van der Waals surface area contributed by atoms with Gasteiger partial charge in [-0.1, -0.05) is 67.8 Å². The van der Waals surface area contributed by atoms with Crippen LogP contribution in [0, 0.1) is 40.6 Å². The van der Waals surface area contributed by atoms with E-state index < -0.39 is 0 Å². The van der Waals surface area contributed by atoms with Crippen LogP contribution in [0.5, 0.6) is 0 Å². The van der Waals surface area contributed by atoms with E-state index in [0.29, 0.717) is 44.5 Å². The molecule has 0 saturated heterocycles. The summed E-state index contributed by atoms with van der Waals surface area (Å²) in [4.78, 5) is 35.0. The number of carbonyl (C=O) groups excluding carboxylic acids is 2. The number of nitrogens with zero attached hydrogens (tertiary/aromatic N) is 4. The van der Waals surface area contributed by atoms with Gasteiger partial charge in [-0.25, -0.2) is 10.1 Å². The normalized spacial score (nSPS) is 19.0. The smallest absolute Gasteiger partial charge is 0.270 e. The number of ketones is 2. The fraction of sp³-hybridized carbons (Fsp3) is 0.143. The lowest BCUT2D eigenvalue weighted by Gasteiger charge is -2.35. The summed E-state index contributed by atoms with van der Waals surface area (Å²) in [6, 6.07) is 24.7. The lowest BCUT2D eigenvalue weighted by atomic mass is 9.68. The molecule has 0 radical (unpaired) electrons. The minimum atomic E-state index is -0.177. The molecule has 0 N–H and O–H groups in total. The van der Waals surface area contributed by atoms with Crippen molar-refractivity contribution in [3.63, 3.8) is 0 Å². The van der Waals surface area contributed by atoms with Crippen LogP contribution >= 0.6 is 34.0 Å². The monoisotopic (exact) mass is 710 g/mol. The molecule has 9 rings (SSSR count). The maximum Gasteiger partial charge on any atom is 0.270 e. The molecule has 6 nitrogen and oxygen atoms in total. The molecule has 3 aromatic heterocycles. The summed E-state index contributed by atoms with van der Waals surface area (Å²) >= 11 is 5.06. The third kappa shape index (κ3) is 4.34. The van der Waals surface area contributed by atoms with E-state index in [4.69, 9.17) is 6.57 Å². The first-order chi connectivity index (χ1) is 24.9. The average Bonchev–Trinajstić information content (AvgIpc) is 3.98. The fourth-order valence-electron chi connectivity index (χ4n) is 8.35. The van der Waals surface area contributed by atoms with Crippen LogP contribution in [0.1, 0.15) is 84.8 Å². The van der Waals surface area contributed by atoms with E-state index in [9.17, 15) is 25.4 Å². The Balaban J connectivity index is 1.18. The standard InChI is InChI=1S/C42H22N4O2S3/c1-46-32(21-45)35-26-10-4-6-12-28(26)38(48)30(35)16-24-18-33-40(50-24)36-41(51-33)39-31(42(36)13-7-2-8-14-42)17-23(49-39)15-29-34(22(19-43)20-44)25-9-3-5-11-27(25)37(29)47/h3-6,9-12,15-18H,2,7-8,13-14H2/b29-15-,30-16-,35-32?. The minimum Gasteiger partial charge on any atom is -0.289 e.